The summed E-state index contributed by atoms with van der Waals surface area (Å²) in [7, 11) is 3.32. The van der Waals surface area contributed by atoms with Crippen molar-refractivity contribution >= 4 is 23.4 Å². The number of hydrogen-bond acceptors (Lipinski definition) is 6. The van der Waals surface area contributed by atoms with Crippen LogP contribution in [-0.4, -0.2) is 86.9 Å². The highest BCUT2D eigenvalue weighted by Gasteiger charge is 2.41. The van der Waals surface area contributed by atoms with Gasteiger partial charge >= 0.3 is 0 Å². The van der Waals surface area contributed by atoms with Gasteiger partial charge in [-0.15, -0.1) is 0 Å². The van der Waals surface area contributed by atoms with Crippen molar-refractivity contribution in [2.75, 3.05) is 58.5 Å². The van der Waals surface area contributed by atoms with Gasteiger partial charge in [-0.1, -0.05) is 0 Å². The molecule has 1 aromatic rings. The van der Waals surface area contributed by atoms with E-state index >= 15 is 0 Å². The van der Waals surface area contributed by atoms with E-state index in [1.54, 1.807) is 37.2 Å². The van der Waals surface area contributed by atoms with Crippen LogP contribution in [0, 0.1) is 0 Å². The van der Waals surface area contributed by atoms with Gasteiger partial charge in [-0.05, 0) is 18.2 Å². The largest absolute Gasteiger partial charge is 0.482 e. The molecule has 0 atom stereocenters. The zero-order chi connectivity index (χ0) is 20.6. The maximum absolute atomic E-state index is 12.9. The van der Waals surface area contributed by atoms with Gasteiger partial charge in [0.15, 0.2) is 12.4 Å². The molecule has 156 valence electrons. The third kappa shape index (κ3) is 3.79. The Morgan fingerprint density at radius 1 is 1.14 bits per heavy atom. The first-order chi connectivity index (χ1) is 13.9. The molecule has 0 aromatic heterocycles. The van der Waals surface area contributed by atoms with Crippen LogP contribution < -0.4 is 9.64 Å². The minimum atomic E-state index is -0.556. The Hall–Kier alpha value is -2.65. The molecule has 2 saturated heterocycles. The Morgan fingerprint density at radius 2 is 1.83 bits per heavy atom. The SMILES string of the molecule is CN(C)C(=O)c1ccc2c(c1)N(CC(=O)N1CCC3(CC1)OCCO3)C(=O)CO2. The van der Waals surface area contributed by atoms with E-state index in [0.29, 0.717) is 56.1 Å². The maximum Gasteiger partial charge on any atom is 0.265 e. The molecule has 1 spiro atoms. The summed E-state index contributed by atoms with van der Waals surface area (Å²) >= 11 is 0. The number of benzene rings is 1. The molecule has 0 saturated carbocycles. The van der Waals surface area contributed by atoms with Gasteiger partial charge in [0, 0.05) is 45.6 Å². The topological polar surface area (TPSA) is 88.6 Å². The van der Waals surface area contributed by atoms with Gasteiger partial charge in [-0.25, -0.2) is 0 Å². The first-order valence-corrected chi connectivity index (χ1v) is 9.73. The van der Waals surface area contributed by atoms with Crippen LogP contribution in [0.2, 0.25) is 0 Å². The summed E-state index contributed by atoms with van der Waals surface area (Å²) in [6.45, 7) is 1.98. The average molecular weight is 403 g/mol. The van der Waals surface area contributed by atoms with Gasteiger partial charge in [0.2, 0.25) is 5.91 Å². The number of nitrogens with zero attached hydrogens (tertiary/aromatic N) is 3. The van der Waals surface area contributed by atoms with Crippen LogP contribution in [0.15, 0.2) is 18.2 Å². The normalized spacial score (nSPS) is 20.4. The Balaban J connectivity index is 1.48. The van der Waals surface area contributed by atoms with E-state index in [1.165, 1.54) is 9.80 Å². The van der Waals surface area contributed by atoms with Crippen molar-refractivity contribution in [2.45, 2.75) is 18.6 Å². The molecule has 1 aromatic carbocycles. The van der Waals surface area contributed by atoms with Crippen LogP contribution in [0.5, 0.6) is 5.75 Å². The molecule has 0 aliphatic carbocycles. The molecule has 29 heavy (non-hydrogen) atoms. The third-order valence-corrected chi connectivity index (χ3v) is 5.54. The predicted octanol–water partition coefficient (Wildman–Crippen LogP) is 0.479. The van der Waals surface area contributed by atoms with Crippen molar-refractivity contribution in [3.63, 3.8) is 0 Å². The zero-order valence-electron chi connectivity index (χ0n) is 16.7. The smallest absolute Gasteiger partial charge is 0.265 e. The van der Waals surface area contributed by atoms with Crippen molar-refractivity contribution in [1.29, 1.82) is 0 Å². The number of ether oxygens (including phenoxy) is 3. The van der Waals surface area contributed by atoms with Crippen LogP contribution >= 0.6 is 0 Å². The Labute approximate surface area is 169 Å². The quantitative estimate of drug-likeness (QED) is 0.730. The lowest BCUT2D eigenvalue weighted by molar-refractivity contribution is -0.187. The van der Waals surface area contributed by atoms with E-state index < -0.39 is 5.79 Å². The van der Waals surface area contributed by atoms with Crippen LogP contribution in [0.4, 0.5) is 5.69 Å². The molecule has 3 heterocycles. The minimum Gasteiger partial charge on any atom is -0.482 e. The number of rotatable bonds is 3. The Kier molecular flexibility index (Phi) is 5.18. The number of fused-ring (bicyclic) bond motifs is 1. The highest BCUT2D eigenvalue weighted by atomic mass is 16.7. The molecule has 0 bridgehead atoms. The highest BCUT2D eigenvalue weighted by Crippen LogP contribution is 2.34. The lowest BCUT2D eigenvalue weighted by atomic mass is 10.0. The standard InChI is InChI=1S/C20H25N3O6/c1-21(2)19(26)14-3-4-16-15(11-14)23(18(25)13-27-16)12-17(24)22-7-5-20(6-8-22)28-9-10-29-20/h3-4,11H,5-10,12-13H2,1-2H3. The van der Waals surface area contributed by atoms with E-state index in [-0.39, 0.29) is 30.9 Å². The number of amides is 3. The highest BCUT2D eigenvalue weighted by molar-refractivity contribution is 6.04. The van der Waals surface area contributed by atoms with E-state index in [1.807, 2.05) is 0 Å². The Bertz CT molecular complexity index is 824. The van der Waals surface area contributed by atoms with Crippen molar-refractivity contribution in [2.24, 2.45) is 0 Å². The molecule has 3 aliphatic heterocycles. The number of anilines is 1. The predicted molar refractivity (Wildman–Crippen MR) is 103 cm³/mol. The summed E-state index contributed by atoms with van der Waals surface area (Å²) in [5, 5.41) is 0. The number of hydrogen-bond donors (Lipinski definition) is 0. The summed E-state index contributed by atoms with van der Waals surface area (Å²) in [4.78, 5) is 42.3. The van der Waals surface area contributed by atoms with Crippen molar-refractivity contribution in [3.8, 4) is 5.75 Å². The van der Waals surface area contributed by atoms with E-state index in [0.717, 1.165) is 0 Å². The molecular formula is C20H25N3O6. The van der Waals surface area contributed by atoms with E-state index in [9.17, 15) is 14.4 Å². The minimum absolute atomic E-state index is 0.0937. The summed E-state index contributed by atoms with van der Waals surface area (Å²) < 4.78 is 16.9. The fourth-order valence-electron chi connectivity index (χ4n) is 3.88. The van der Waals surface area contributed by atoms with Crippen molar-refractivity contribution in [3.05, 3.63) is 23.8 Å². The first-order valence-electron chi connectivity index (χ1n) is 9.73. The summed E-state index contributed by atoms with van der Waals surface area (Å²) in [6, 6.07) is 4.92. The third-order valence-electron chi connectivity index (χ3n) is 5.54. The molecule has 3 aliphatic rings. The molecule has 9 nitrogen and oxygen atoms in total. The summed E-state index contributed by atoms with van der Waals surface area (Å²) in [5.41, 5.74) is 0.873. The Morgan fingerprint density at radius 3 is 2.48 bits per heavy atom. The molecule has 2 fully saturated rings. The second-order valence-corrected chi connectivity index (χ2v) is 7.64. The molecule has 4 rings (SSSR count). The summed E-state index contributed by atoms with van der Waals surface area (Å²) in [6.07, 6.45) is 1.24. The van der Waals surface area contributed by atoms with Crippen LogP contribution in [0.25, 0.3) is 0 Å². The number of carbonyl (C=O) groups is 3. The van der Waals surface area contributed by atoms with Crippen LogP contribution in [0.1, 0.15) is 23.2 Å². The van der Waals surface area contributed by atoms with Gasteiger partial charge in [-0.3, -0.25) is 19.3 Å². The lowest BCUT2D eigenvalue weighted by Crippen LogP contribution is -2.51. The van der Waals surface area contributed by atoms with Crippen molar-refractivity contribution in [1.82, 2.24) is 9.80 Å². The van der Waals surface area contributed by atoms with Gasteiger partial charge in [0.1, 0.15) is 12.3 Å². The zero-order valence-corrected chi connectivity index (χ0v) is 16.7. The number of carbonyl (C=O) groups excluding carboxylic acids is 3. The molecule has 0 unspecified atom stereocenters. The fraction of sp³-hybridized carbons (Fsp3) is 0.550. The number of likely N-dealkylation sites (tertiary alicyclic amines) is 1. The van der Waals surface area contributed by atoms with Crippen molar-refractivity contribution < 1.29 is 28.6 Å². The molecule has 9 heteroatoms. The molecule has 3 amide bonds. The molecule has 0 N–H and O–H groups in total. The van der Waals surface area contributed by atoms with Crippen LogP contribution in [-0.2, 0) is 19.1 Å². The lowest BCUT2D eigenvalue weighted by Gasteiger charge is -2.38. The van der Waals surface area contributed by atoms with E-state index in [4.69, 9.17) is 14.2 Å². The summed E-state index contributed by atoms with van der Waals surface area (Å²) in [5.74, 6) is -0.716. The monoisotopic (exact) mass is 403 g/mol. The molecule has 0 radical (unpaired) electrons. The number of piperidine rings is 1. The van der Waals surface area contributed by atoms with Crippen LogP contribution in [0.3, 0.4) is 0 Å². The molecular weight excluding hydrogens is 378 g/mol. The van der Waals surface area contributed by atoms with Gasteiger partial charge in [-0.2, -0.15) is 0 Å². The van der Waals surface area contributed by atoms with E-state index in [2.05, 4.69) is 0 Å². The van der Waals surface area contributed by atoms with Gasteiger partial charge < -0.3 is 24.0 Å². The second-order valence-electron chi connectivity index (χ2n) is 7.64. The average Bonchev–Trinajstić information content (AvgIpc) is 3.17. The second kappa shape index (κ2) is 7.64. The fourth-order valence-corrected chi connectivity index (χ4v) is 3.88. The van der Waals surface area contributed by atoms with Gasteiger partial charge in [0.25, 0.3) is 11.8 Å². The van der Waals surface area contributed by atoms with Gasteiger partial charge in [0.05, 0.1) is 18.9 Å². The first kappa shape index (κ1) is 19.7. The maximum atomic E-state index is 12.9.